The van der Waals surface area contributed by atoms with E-state index in [1.165, 1.54) is 0 Å². The molecule has 1 fully saturated rings. The zero-order chi connectivity index (χ0) is 12.3. The van der Waals surface area contributed by atoms with Gasteiger partial charge in [-0.1, -0.05) is 12.1 Å². The van der Waals surface area contributed by atoms with Crippen molar-refractivity contribution in [1.29, 1.82) is 0 Å². The third-order valence-electron chi connectivity index (χ3n) is 2.61. The molecule has 1 aromatic carbocycles. The number of benzene rings is 1. The molecule has 0 saturated carbocycles. The summed E-state index contributed by atoms with van der Waals surface area (Å²) in [7, 11) is 0. The topological polar surface area (TPSA) is 61.4 Å². The van der Waals surface area contributed by atoms with Crippen LogP contribution in [-0.4, -0.2) is 28.1 Å². The van der Waals surface area contributed by atoms with E-state index in [1.54, 1.807) is 11.8 Å². The molecule has 1 aromatic rings. The van der Waals surface area contributed by atoms with E-state index in [0.29, 0.717) is 12.2 Å². The fourth-order valence-electron chi connectivity index (χ4n) is 1.54. The molecule has 0 bridgehead atoms. The van der Waals surface area contributed by atoms with Crippen LogP contribution in [0.5, 0.6) is 0 Å². The summed E-state index contributed by atoms with van der Waals surface area (Å²) in [4.78, 5) is 11.8. The molecule has 1 saturated heterocycles. The van der Waals surface area contributed by atoms with Crippen LogP contribution in [0.3, 0.4) is 0 Å². The first-order valence-corrected chi connectivity index (χ1v) is 7.18. The SMILES string of the molecule is O=C(NNc1ccccc1Br)C1(O)CCSC1. The number of para-hydroxylation sites is 1. The Morgan fingerprint density at radius 3 is 2.88 bits per heavy atom. The highest BCUT2D eigenvalue weighted by molar-refractivity contribution is 9.10. The van der Waals surface area contributed by atoms with E-state index in [9.17, 15) is 9.90 Å². The Labute approximate surface area is 112 Å². The van der Waals surface area contributed by atoms with Gasteiger partial charge in [0.15, 0.2) is 5.60 Å². The predicted molar refractivity (Wildman–Crippen MR) is 72.8 cm³/mol. The molecule has 4 nitrogen and oxygen atoms in total. The van der Waals surface area contributed by atoms with Gasteiger partial charge in [-0.15, -0.1) is 0 Å². The molecule has 6 heteroatoms. The minimum Gasteiger partial charge on any atom is -0.379 e. The molecule has 1 atom stereocenters. The first-order valence-electron chi connectivity index (χ1n) is 5.23. The quantitative estimate of drug-likeness (QED) is 0.744. The molecule has 1 aliphatic heterocycles. The summed E-state index contributed by atoms with van der Waals surface area (Å²) < 4.78 is 0.855. The number of hydrazine groups is 1. The second kappa shape index (κ2) is 5.29. The maximum Gasteiger partial charge on any atom is 0.271 e. The van der Waals surface area contributed by atoms with Crippen molar-refractivity contribution >= 4 is 39.3 Å². The van der Waals surface area contributed by atoms with E-state index in [2.05, 4.69) is 26.8 Å². The smallest absolute Gasteiger partial charge is 0.271 e. The Morgan fingerprint density at radius 2 is 2.24 bits per heavy atom. The van der Waals surface area contributed by atoms with Crippen molar-refractivity contribution in [3.8, 4) is 0 Å². The Kier molecular flexibility index (Phi) is 3.96. The molecule has 1 amide bonds. The van der Waals surface area contributed by atoms with E-state index in [-0.39, 0.29) is 5.91 Å². The van der Waals surface area contributed by atoms with E-state index >= 15 is 0 Å². The summed E-state index contributed by atoms with van der Waals surface area (Å²) in [5.41, 5.74) is 4.86. The van der Waals surface area contributed by atoms with Crippen molar-refractivity contribution in [2.24, 2.45) is 0 Å². The van der Waals surface area contributed by atoms with E-state index in [0.717, 1.165) is 15.9 Å². The minimum atomic E-state index is -1.24. The summed E-state index contributed by atoms with van der Waals surface area (Å²) in [6.45, 7) is 0. The number of halogens is 1. The number of thioether (sulfide) groups is 1. The van der Waals surface area contributed by atoms with Gasteiger partial charge in [-0.05, 0) is 40.2 Å². The summed E-state index contributed by atoms with van der Waals surface area (Å²) >= 11 is 4.95. The van der Waals surface area contributed by atoms with E-state index in [4.69, 9.17) is 0 Å². The standard InChI is InChI=1S/C11H13BrN2O2S/c12-8-3-1-2-4-9(8)13-14-10(15)11(16)5-6-17-7-11/h1-4,13,16H,5-7H2,(H,14,15). The maximum atomic E-state index is 11.8. The molecular weight excluding hydrogens is 304 g/mol. The Morgan fingerprint density at radius 1 is 1.47 bits per heavy atom. The zero-order valence-electron chi connectivity index (χ0n) is 9.07. The highest BCUT2D eigenvalue weighted by Crippen LogP contribution is 2.28. The number of carbonyl (C=O) groups is 1. The van der Waals surface area contributed by atoms with Gasteiger partial charge in [0, 0.05) is 10.2 Å². The number of aliphatic hydroxyl groups is 1. The highest BCUT2D eigenvalue weighted by atomic mass is 79.9. The third kappa shape index (κ3) is 2.94. The van der Waals surface area contributed by atoms with Crippen LogP contribution in [0.2, 0.25) is 0 Å². The number of hydrogen-bond donors (Lipinski definition) is 3. The summed E-state index contributed by atoms with van der Waals surface area (Å²) in [5, 5.41) is 10.0. The largest absolute Gasteiger partial charge is 0.379 e. The van der Waals surface area contributed by atoms with Crippen molar-refractivity contribution in [3.05, 3.63) is 28.7 Å². The van der Waals surface area contributed by atoms with Crippen LogP contribution in [0.4, 0.5) is 5.69 Å². The number of carbonyl (C=O) groups excluding carboxylic acids is 1. The van der Waals surface area contributed by atoms with Crippen LogP contribution in [0, 0.1) is 0 Å². The van der Waals surface area contributed by atoms with Crippen LogP contribution in [-0.2, 0) is 4.79 Å². The van der Waals surface area contributed by atoms with Gasteiger partial charge in [-0.3, -0.25) is 15.6 Å². The molecular formula is C11H13BrN2O2S. The van der Waals surface area contributed by atoms with E-state index < -0.39 is 5.60 Å². The lowest BCUT2D eigenvalue weighted by molar-refractivity contribution is -0.136. The molecule has 1 unspecified atom stereocenters. The summed E-state index contributed by atoms with van der Waals surface area (Å²) in [6, 6.07) is 7.45. The molecule has 92 valence electrons. The van der Waals surface area contributed by atoms with Gasteiger partial charge in [0.05, 0.1) is 5.69 Å². The third-order valence-corrected chi connectivity index (χ3v) is 4.47. The molecule has 3 N–H and O–H groups in total. The zero-order valence-corrected chi connectivity index (χ0v) is 11.5. The highest BCUT2D eigenvalue weighted by Gasteiger charge is 2.39. The molecule has 0 aromatic heterocycles. The van der Waals surface area contributed by atoms with Gasteiger partial charge in [0.25, 0.3) is 5.91 Å². The summed E-state index contributed by atoms with van der Waals surface area (Å²) in [6.07, 6.45) is 0.501. The van der Waals surface area contributed by atoms with Crippen molar-refractivity contribution < 1.29 is 9.90 Å². The summed E-state index contributed by atoms with van der Waals surface area (Å²) in [5.74, 6) is 0.897. The van der Waals surface area contributed by atoms with Crippen LogP contribution >= 0.6 is 27.7 Å². The van der Waals surface area contributed by atoms with Crippen molar-refractivity contribution in [2.45, 2.75) is 12.0 Å². The van der Waals surface area contributed by atoms with Crippen LogP contribution in [0.15, 0.2) is 28.7 Å². The van der Waals surface area contributed by atoms with Crippen molar-refractivity contribution in [1.82, 2.24) is 5.43 Å². The van der Waals surface area contributed by atoms with Crippen molar-refractivity contribution in [3.63, 3.8) is 0 Å². The van der Waals surface area contributed by atoms with Gasteiger partial charge in [0.2, 0.25) is 0 Å². The van der Waals surface area contributed by atoms with Crippen LogP contribution in [0.1, 0.15) is 6.42 Å². The second-order valence-electron chi connectivity index (χ2n) is 3.89. The molecule has 0 radical (unpaired) electrons. The first-order chi connectivity index (χ1) is 8.12. The number of amides is 1. The lowest BCUT2D eigenvalue weighted by Gasteiger charge is -2.21. The van der Waals surface area contributed by atoms with Gasteiger partial charge in [-0.25, -0.2) is 0 Å². The lowest BCUT2D eigenvalue weighted by Crippen LogP contribution is -2.48. The van der Waals surface area contributed by atoms with Crippen LogP contribution < -0.4 is 10.9 Å². The van der Waals surface area contributed by atoms with Gasteiger partial charge < -0.3 is 5.11 Å². The average Bonchev–Trinajstić information content (AvgIpc) is 2.76. The Balaban J connectivity index is 1.94. The van der Waals surface area contributed by atoms with Crippen LogP contribution in [0.25, 0.3) is 0 Å². The average molecular weight is 317 g/mol. The normalized spacial score (nSPS) is 23.4. The van der Waals surface area contributed by atoms with Crippen molar-refractivity contribution in [2.75, 3.05) is 16.9 Å². The molecule has 1 heterocycles. The van der Waals surface area contributed by atoms with Gasteiger partial charge in [0.1, 0.15) is 0 Å². The Bertz CT molecular complexity index is 422. The molecule has 0 aliphatic carbocycles. The molecule has 17 heavy (non-hydrogen) atoms. The molecule has 0 spiro atoms. The monoisotopic (exact) mass is 316 g/mol. The predicted octanol–water partition coefficient (Wildman–Crippen LogP) is 1.76. The van der Waals surface area contributed by atoms with Gasteiger partial charge >= 0.3 is 0 Å². The van der Waals surface area contributed by atoms with E-state index in [1.807, 2.05) is 24.3 Å². The number of rotatable bonds is 3. The number of anilines is 1. The fraction of sp³-hybridized carbons (Fsp3) is 0.364. The first kappa shape index (κ1) is 12.7. The second-order valence-corrected chi connectivity index (χ2v) is 5.85. The number of hydrogen-bond acceptors (Lipinski definition) is 4. The number of nitrogens with one attached hydrogen (secondary N) is 2. The molecule has 2 rings (SSSR count). The fourth-order valence-corrected chi connectivity index (χ4v) is 3.16. The maximum absolute atomic E-state index is 11.8. The minimum absolute atomic E-state index is 0.377. The lowest BCUT2D eigenvalue weighted by atomic mass is 10.0. The molecule has 1 aliphatic rings. The van der Waals surface area contributed by atoms with Gasteiger partial charge in [-0.2, -0.15) is 11.8 Å². The Hall–Kier alpha value is -0.720.